The molecule has 0 saturated heterocycles. The molecule has 4 heterocycles. The zero-order valence-corrected chi connectivity index (χ0v) is 27.3. The van der Waals surface area contributed by atoms with Gasteiger partial charge in [0.1, 0.15) is 51.7 Å². The molecule has 1 aliphatic heterocycles. The molecule has 0 saturated carbocycles. The normalized spacial score (nSPS) is 16.4. The van der Waals surface area contributed by atoms with Crippen LogP contribution in [0.5, 0.6) is 0 Å². The maximum absolute atomic E-state index is 6.75. The van der Waals surface area contributed by atoms with Crippen LogP contribution < -0.4 is 10.6 Å². The van der Waals surface area contributed by atoms with Crippen molar-refractivity contribution in [2.24, 2.45) is 4.99 Å². The summed E-state index contributed by atoms with van der Waals surface area (Å²) in [6.07, 6.45) is -0.495. The largest absolute Gasteiger partial charge is 0.456 e. The average Bonchev–Trinajstić information content (AvgIpc) is 3.88. The summed E-state index contributed by atoms with van der Waals surface area (Å²) in [6, 6.07) is 52.2. The Morgan fingerprint density at radius 2 is 1.06 bits per heavy atom. The van der Waals surface area contributed by atoms with Gasteiger partial charge in [0, 0.05) is 32.3 Å². The zero-order valence-electron chi connectivity index (χ0n) is 27.3. The molecule has 7 aromatic carbocycles. The van der Waals surface area contributed by atoms with Crippen molar-refractivity contribution in [1.82, 2.24) is 10.6 Å². The minimum Gasteiger partial charge on any atom is -0.456 e. The number of amidine groups is 1. The molecule has 0 aliphatic carbocycles. The molecule has 51 heavy (non-hydrogen) atoms. The van der Waals surface area contributed by atoms with E-state index in [0.717, 1.165) is 99.5 Å². The fourth-order valence-corrected chi connectivity index (χ4v) is 7.67. The Morgan fingerprint density at radius 3 is 1.86 bits per heavy atom. The van der Waals surface area contributed by atoms with E-state index >= 15 is 0 Å². The second-order valence-corrected chi connectivity index (χ2v) is 13.2. The first-order chi connectivity index (χ1) is 25.2. The van der Waals surface area contributed by atoms with E-state index in [1.807, 2.05) is 48.5 Å². The molecule has 2 N–H and O–H groups in total. The zero-order chi connectivity index (χ0) is 33.5. The van der Waals surface area contributed by atoms with Crippen LogP contribution in [0.15, 0.2) is 170 Å². The van der Waals surface area contributed by atoms with Crippen LogP contribution in [-0.2, 0) is 0 Å². The van der Waals surface area contributed by atoms with Gasteiger partial charge in [-0.1, -0.05) is 97.1 Å². The maximum atomic E-state index is 6.75. The minimum absolute atomic E-state index is 0.180. The Bertz CT molecular complexity index is 3000. The third kappa shape index (κ3) is 4.50. The van der Waals surface area contributed by atoms with E-state index in [0.29, 0.717) is 0 Å². The number of furan rings is 3. The van der Waals surface area contributed by atoms with Crippen LogP contribution in [0.25, 0.3) is 76.9 Å². The van der Waals surface area contributed by atoms with E-state index < -0.39 is 0 Å². The highest BCUT2D eigenvalue weighted by atomic mass is 16.3. The number of hydrogen-bond acceptors (Lipinski definition) is 6. The van der Waals surface area contributed by atoms with E-state index in [1.165, 1.54) is 0 Å². The lowest BCUT2D eigenvalue weighted by atomic mass is 10.0. The molecule has 0 bridgehead atoms. The van der Waals surface area contributed by atoms with Crippen LogP contribution in [0.4, 0.5) is 0 Å². The van der Waals surface area contributed by atoms with Gasteiger partial charge >= 0.3 is 0 Å². The Labute approximate surface area is 291 Å². The van der Waals surface area contributed by atoms with Gasteiger partial charge in [0.05, 0.1) is 5.56 Å². The molecule has 2 atom stereocenters. The van der Waals surface area contributed by atoms with Gasteiger partial charge in [-0.05, 0) is 76.9 Å². The van der Waals surface area contributed by atoms with Crippen molar-refractivity contribution in [2.75, 3.05) is 0 Å². The van der Waals surface area contributed by atoms with Gasteiger partial charge in [-0.25, -0.2) is 4.99 Å². The van der Waals surface area contributed by atoms with Crippen LogP contribution in [0.1, 0.15) is 29.0 Å². The third-order valence-corrected chi connectivity index (χ3v) is 10.2. The van der Waals surface area contributed by atoms with Crippen LogP contribution in [-0.4, -0.2) is 5.84 Å². The van der Waals surface area contributed by atoms with Crippen LogP contribution in [0.2, 0.25) is 0 Å². The number of nitrogens with one attached hydrogen (secondary N) is 2. The van der Waals surface area contributed by atoms with Crippen molar-refractivity contribution in [3.8, 4) is 11.1 Å². The number of para-hydroxylation sites is 3. The molecular weight excluding hydrogens is 631 g/mol. The van der Waals surface area contributed by atoms with Gasteiger partial charge in [0.2, 0.25) is 0 Å². The molecule has 6 heteroatoms. The first-order valence-electron chi connectivity index (χ1n) is 17.2. The van der Waals surface area contributed by atoms with Gasteiger partial charge in [0.25, 0.3) is 0 Å². The van der Waals surface area contributed by atoms with Crippen molar-refractivity contribution >= 4 is 71.7 Å². The lowest BCUT2D eigenvalue weighted by Gasteiger charge is -2.32. The second-order valence-electron chi connectivity index (χ2n) is 13.2. The molecule has 0 spiro atoms. The van der Waals surface area contributed by atoms with Gasteiger partial charge < -0.3 is 18.6 Å². The van der Waals surface area contributed by atoms with Gasteiger partial charge in [-0.3, -0.25) is 5.32 Å². The van der Waals surface area contributed by atoms with Crippen molar-refractivity contribution in [1.29, 1.82) is 0 Å². The van der Waals surface area contributed by atoms with E-state index in [4.69, 9.17) is 18.2 Å². The van der Waals surface area contributed by atoms with Crippen molar-refractivity contribution in [3.63, 3.8) is 0 Å². The number of hydrogen-bond donors (Lipinski definition) is 2. The van der Waals surface area contributed by atoms with E-state index in [9.17, 15) is 0 Å². The Morgan fingerprint density at radius 1 is 0.431 bits per heavy atom. The van der Waals surface area contributed by atoms with Crippen molar-refractivity contribution in [3.05, 3.63) is 168 Å². The lowest BCUT2D eigenvalue weighted by molar-refractivity contribution is 0.409. The molecule has 11 rings (SSSR count). The number of fused-ring (bicyclic) bond motifs is 9. The molecule has 0 fully saturated rings. The smallest absolute Gasteiger partial charge is 0.146 e. The monoisotopic (exact) mass is 659 g/mol. The topological polar surface area (TPSA) is 75.8 Å². The van der Waals surface area contributed by atoms with Gasteiger partial charge in [0.15, 0.2) is 0 Å². The first kappa shape index (κ1) is 28.2. The molecule has 242 valence electrons. The minimum atomic E-state index is -0.315. The number of rotatable bonds is 4. The Kier molecular flexibility index (Phi) is 6.05. The highest BCUT2D eigenvalue weighted by Gasteiger charge is 2.28. The number of benzene rings is 7. The Hall–Kier alpha value is -6.63. The second kappa shape index (κ2) is 10.9. The molecule has 1 aliphatic rings. The first-order valence-corrected chi connectivity index (χ1v) is 17.2. The number of nitrogens with zero attached hydrogens (tertiary/aromatic N) is 1. The summed E-state index contributed by atoms with van der Waals surface area (Å²) in [7, 11) is 0. The standard InChI is InChI=1S/C45H29N3O3/c1-2-9-26(10-3-1)43-46-44(29-19-22-40-36(24-29)31-12-5-7-16-38(31)50-40)48-45(47-43)34-14-8-13-33-32-20-17-28(25-41(32)51-42(33)34)27-18-21-39-35(23-27)30-11-4-6-15-37(30)49-39/h1-25,43-44,46H,(H,47,48). The summed E-state index contributed by atoms with van der Waals surface area (Å²) in [5.41, 5.74) is 10.4. The predicted molar refractivity (Wildman–Crippen MR) is 205 cm³/mol. The van der Waals surface area contributed by atoms with E-state index in [-0.39, 0.29) is 12.3 Å². The van der Waals surface area contributed by atoms with Crippen LogP contribution in [0.3, 0.4) is 0 Å². The summed E-state index contributed by atoms with van der Waals surface area (Å²) in [4.78, 5) is 5.30. The van der Waals surface area contributed by atoms with Crippen LogP contribution >= 0.6 is 0 Å². The summed E-state index contributed by atoms with van der Waals surface area (Å²) in [5.74, 6) is 0.770. The van der Waals surface area contributed by atoms with Crippen molar-refractivity contribution in [2.45, 2.75) is 12.3 Å². The summed E-state index contributed by atoms with van der Waals surface area (Å²) in [6.45, 7) is 0. The van der Waals surface area contributed by atoms with Gasteiger partial charge in [-0.2, -0.15) is 0 Å². The Balaban J connectivity index is 1.03. The SMILES string of the molecule is c1ccc(C2NC(c3cccc4c3oc3cc(-c5ccc6oc7ccccc7c6c5)ccc34)=NC(c3ccc4oc5ccccc5c4c3)N2)cc1. The molecule has 10 aromatic rings. The van der Waals surface area contributed by atoms with Crippen molar-refractivity contribution < 1.29 is 13.3 Å². The fraction of sp³-hybridized carbons (Fsp3) is 0.0444. The quantitative estimate of drug-likeness (QED) is 0.197. The summed E-state index contributed by atoms with van der Waals surface area (Å²) < 4.78 is 19.0. The highest BCUT2D eigenvalue weighted by molar-refractivity contribution is 6.15. The molecular formula is C45H29N3O3. The van der Waals surface area contributed by atoms with E-state index in [1.54, 1.807) is 0 Å². The number of aliphatic imine (C=N–C) groups is 1. The molecule has 2 unspecified atom stereocenters. The predicted octanol–water partition coefficient (Wildman–Crippen LogP) is 11.4. The molecule has 3 aromatic heterocycles. The fourth-order valence-electron chi connectivity index (χ4n) is 7.67. The molecule has 6 nitrogen and oxygen atoms in total. The average molecular weight is 660 g/mol. The molecule has 0 radical (unpaired) electrons. The third-order valence-electron chi connectivity index (χ3n) is 10.2. The van der Waals surface area contributed by atoms with E-state index in [2.05, 4.69) is 114 Å². The van der Waals surface area contributed by atoms with Gasteiger partial charge in [-0.15, -0.1) is 0 Å². The molecule has 0 amide bonds. The van der Waals surface area contributed by atoms with Crippen LogP contribution in [0, 0.1) is 0 Å². The summed E-state index contributed by atoms with van der Waals surface area (Å²) in [5, 5.41) is 13.9. The summed E-state index contributed by atoms with van der Waals surface area (Å²) >= 11 is 0. The maximum Gasteiger partial charge on any atom is 0.146 e. The highest BCUT2D eigenvalue weighted by Crippen LogP contribution is 2.38. The lowest BCUT2D eigenvalue weighted by Crippen LogP contribution is -2.45.